The number of halogens is 5. The van der Waals surface area contributed by atoms with Crippen LogP contribution in [0.3, 0.4) is 0 Å². The van der Waals surface area contributed by atoms with E-state index in [4.69, 9.17) is 0 Å². The summed E-state index contributed by atoms with van der Waals surface area (Å²) in [6.07, 6.45) is -2.20. The SMILES string of the molecule is Fc1ccc(N2CCC(NC(c3ccccn3)C(F)(F)F)CC2)cc1F. The molecule has 1 N–H and O–H groups in total. The Labute approximate surface area is 147 Å². The third-order valence-corrected chi connectivity index (χ3v) is 4.48. The molecule has 1 atom stereocenters. The number of aromatic nitrogens is 1. The number of rotatable bonds is 4. The number of anilines is 1. The quantitative estimate of drug-likeness (QED) is 0.816. The predicted octanol–water partition coefficient (Wildman–Crippen LogP) is 4.22. The maximum absolute atomic E-state index is 13.4. The van der Waals surface area contributed by atoms with Gasteiger partial charge in [0.05, 0.1) is 5.69 Å². The zero-order valence-electron chi connectivity index (χ0n) is 13.8. The van der Waals surface area contributed by atoms with Crippen molar-refractivity contribution in [1.29, 1.82) is 0 Å². The lowest BCUT2D eigenvalue weighted by atomic mass is 10.0. The minimum absolute atomic E-state index is 0.0666. The van der Waals surface area contributed by atoms with E-state index < -0.39 is 23.9 Å². The Bertz CT molecular complexity index is 727. The van der Waals surface area contributed by atoms with E-state index in [1.807, 2.05) is 4.90 Å². The fourth-order valence-corrected chi connectivity index (χ4v) is 3.12. The highest BCUT2D eigenvalue weighted by Gasteiger charge is 2.43. The number of nitrogens with zero attached hydrogens (tertiary/aromatic N) is 2. The van der Waals surface area contributed by atoms with Crippen LogP contribution in [0.1, 0.15) is 24.6 Å². The molecule has 3 rings (SSSR count). The summed E-state index contributed by atoms with van der Waals surface area (Å²) >= 11 is 0. The van der Waals surface area contributed by atoms with Crippen LogP contribution in [0.2, 0.25) is 0 Å². The van der Waals surface area contributed by atoms with Gasteiger partial charge in [0.25, 0.3) is 0 Å². The highest BCUT2D eigenvalue weighted by molar-refractivity contribution is 5.47. The van der Waals surface area contributed by atoms with Gasteiger partial charge in [-0.3, -0.25) is 10.3 Å². The minimum Gasteiger partial charge on any atom is -0.371 e. The molecule has 1 saturated heterocycles. The molecule has 1 unspecified atom stereocenters. The van der Waals surface area contributed by atoms with E-state index in [1.54, 1.807) is 6.07 Å². The number of hydrogen-bond donors (Lipinski definition) is 1. The molecule has 1 aliphatic heterocycles. The first kappa shape index (κ1) is 18.6. The molecule has 0 aliphatic carbocycles. The number of nitrogens with one attached hydrogen (secondary N) is 1. The molecule has 0 amide bonds. The van der Waals surface area contributed by atoms with Crippen molar-refractivity contribution in [3.8, 4) is 0 Å². The first-order valence-corrected chi connectivity index (χ1v) is 8.28. The molecule has 3 nitrogen and oxygen atoms in total. The molecule has 140 valence electrons. The molecule has 26 heavy (non-hydrogen) atoms. The summed E-state index contributed by atoms with van der Waals surface area (Å²) in [4.78, 5) is 5.66. The third-order valence-electron chi connectivity index (χ3n) is 4.48. The maximum Gasteiger partial charge on any atom is 0.409 e. The summed E-state index contributed by atoms with van der Waals surface area (Å²) < 4.78 is 66.6. The van der Waals surface area contributed by atoms with Crippen LogP contribution in [0.25, 0.3) is 0 Å². The van der Waals surface area contributed by atoms with Crippen molar-refractivity contribution < 1.29 is 22.0 Å². The molecule has 0 spiro atoms. The Morgan fingerprint density at radius 3 is 2.35 bits per heavy atom. The third kappa shape index (κ3) is 4.30. The van der Waals surface area contributed by atoms with Crippen molar-refractivity contribution in [3.63, 3.8) is 0 Å². The maximum atomic E-state index is 13.4. The summed E-state index contributed by atoms with van der Waals surface area (Å²) in [5, 5.41) is 2.66. The monoisotopic (exact) mass is 371 g/mol. The van der Waals surface area contributed by atoms with E-state index in [9.17, 15) is 22.0 Å². The largest absolute Gasteiger partial charge is 0.409 e. The fraction of sp³-hybridized carbons (Fsp3) is 0.389. The normalized spacial score (nSPS) is 17.3. The number of hydrogen-bond acceptors (Lipinski definition) is 3. The summed E-state index contributed by atoms with van der Waals surface area (Å²) in [5.41, 5.74) is 0.461. The second-order valence-electron chi connectivity index (χ2n) is 6.26. The average molecular weight is 371 g/mol. The van der Waals surface area contributed by atoms with Crippen molar-refractivity contribution in [2.75, 3.05) is 18.0 Å². The van der Waals surface area contributed by atoms with Crippen LogP contribution in [-0.2, 0) is 0 Å². The van der Waals surface area contributed by atoms with Crippen molar-refractivity contribution >= 4 is 5.69 Å². The zero-order chi connectivity index (χ0) is 18.7. The van der Waals surface area contributed by atoms with E-state index in [0.717, 1.165) is 12.1 Å². The molecule has 1 aromatic carbocycles. The lowest BCUT2D eigenvalue weighted by Crippen LogP contribution is -2.47. The predicted molar refractivity (Wildman–Crippen MR) is 87.8 cm³/mol. The molecule has 8 heteroatoms. The van der Waals surface area contributed by atoms with E-state index in [0.29, 0.717) is 31.6 Å². The Morgan fingerprint density at radius 2 is 1.77 bits per heavy atom. The van der Waals surface area contributed by atoms with Gasteiger partial charge in [0.15, 0.2) is 11.6 Å². The molecule has 0 radical (unpaired) electrons. The van der Waals surface area contributed by atoms with Gasteiger partial charge in [0.2, 0.25) is 0 Å². The van der Waals surface area contributed by atoms with Gasteiger partial charge in [-0.25, -0.2) is 8.78 Å². The van der Waals surface area contributed by atoms with E-state index in [2.05, 4.69) is 10.3 Å². The van der Waals surface area contributed by atoms with Gasteiger partial charge in [-0.1, -0.05) is 6.07 Å². The van der Waals surface area contributed by atoms with Crippen LogP contribution >= 0.6 is 0 Å². The topological polar surface area (TPSA) is 28.2 Å². The van der Waals surface area contributed by atoms with Gasteiger partial charge < -0.3 is 4.90 Å². The van der Waals surface area contributed by atoms with Gasteiger partial charge >= 0.3 is 6.18 Å². The van der Waals surface area contributed by atoms with Gasteiger partial charge in [0.1, 0.15) is 6.04 Å². The lowest BCUT2D eigenvalue weighted by molar-refractivity contribution is -0.161. The first-order chi connectivity index (χ1) is 12.3. The van der Waals surface area contributed by atoms with Gasteiger partial charge in [-0.05, 0) is 37.1 Å². The van der Waals surface area contributed by atoms with Crippen molar-refractivity contribution in [1.82, 2.24) is 10.3 Å². The molecular weight excluding hydrogens is 353 g/mol. The van der Waals surface area contributed by atoms with Crippen LogP contribution in [0.4, 0.5) is 27.6 Å². The van der Waals surface area contributed by atoms with Crippen LogP contribution in [0, 0.1) is 11.6 Å². The van der Waals surface area contributed by atoms with E-state index in [-0.39, 0.29) is 11.7 Å². The fourth-order valence-electron chi connectivity index (χ4n) is 3.12. The van der Waals surface area contributed by atoms with Crippen LogP contribution in [0.15, 0.2) is 42.6 Å². The Hall–Kier alpha value is -2.22. The van der Waals surface area contributed by atoms with Crippen LogP contribution in [0.5, 0.6) is 0 Å². The van der Waals surface area contributed by atoms with E-state index in [1.165, 1.54) is 24.4 Å². The number of piperidine rings is 1. The molecule has 0 saturated carbocycles. The van der Waals surface area contributed by atoms with Crippen molar-refractivity contribution in [2.24, 2.45) is 0 Å². The molecular formula is C18H18F5N3. The van der Waals surface area contributed by atoms with Crippen molar-refractivity contribution in [2.45, 2.75) is 31.1 Å². The molecule has 1 aromatic heterocycles. The highest BCUT2D eigenvalue weighted by atomic mass is 19.4. The van der Waals surface area contributed by atoms with Gasteiger partial charge in [-0.15, -0.1) is 0 Å². The zero-order valence-corrected chi connectivity index (χ0v) is 13.8. The molecule has 2 aromatic rings. The number of pyridine rings is 1. The summed E-state index contributed by atoms with van der Waals surface area (Å²) in [5.74, 6) is -1.86. The van der Waals surface area contributed by atoms with E-state index >= 15 is 0 Å². The summed E-state index contributed by atoms with van der Waals surface area (Å²) in [6.45, 7) is 0.908. The molecule has 2 heterocycles. The second-order valence-corrected chi connectivity index (χ2v) is 6.26. The van der Waals surface area contributed by atoms with Crippen LogP contribution in [-0.4, -0.2) is 30.3 Å². The average Bonchev–Trinajstić information content (AvgIpc) is 2.62. The minimum atomic E-state index is -4.45. The van der Waals surface area contributed by atoms with Crippen LogP contribution < -0.4 is 10.2 Å². The molecule has 0 bridgehead atoms. The van der Waals surface area contributed by atoms with Crippen molar-refractivity contribution in [3.05, 3.63) is 59.9 Å². The number of alkyl halides is 3. The second kappa shape index (κ2) is 7.57. The summed E-state index contributed by atoms with van der Waals surface area (Å²) in [7, 11) is 0. The smallest absolute Gasteiger partial charge is 0.371 e. The molecule has 1 fully saturated rings. The summed E-state index contributed by atoms with van der Waals surface area (Å²) in [6, 6.07) is 5.89. The molecule has 1 aliphatic rings. The highest BCUT2D eigenvalue weighted by Crippen LogP contribution is 2.33. The lowest BCUT2D eigenvalue weighted by Gasteiger charge is -2.36. The van der Waals surface area contributed by atoms with Gasteiger partial charge in [-0.2, -0.15) is 13.2 Å². The Kier molecular flexibility index (Phi) is 5.41. The first-order valence-electron chi connectivity index (χ1n) is 8.28. The number of benzene rings is 1. The Morgan fingerprint density at radius 1 is 1.04 bits per heavy atom. The standard InChI is InChI=1S/C18H18F5N3/c19-14-5-4-13(11-15(14)20)26-9-6-12(7-10-26)25-17(18(21,22)23)16-3-1-2-8-24-16/h1-5,8,11-12,17,25H,6-7,9-10H2. The Balaban J connectivity index is 1.64. The van der Waals surface area contributed by atoms with Gasteiger partial charge in [0, 0.05) is 37.1 Å².